The van der Waals surface area contributed by atoms with E-state index >= 15 is 0 Å². The topological polar surface area (TPSA) is 64.6 Å². The van der Waals surface area contributed by atoms with Crippen LogP contribution in [0.2, 0.25) is 0 Å². The summed E-state index contributed by atoms with van der Waals surface area (Å²) in [4.78, 5) is 21.6. The van der Waals surface area contributed by atoms with E-state index in [0.29, 0.717) is 0 Å². The molecule has 0 aliphatic carbocycles. The normalized spacial score (nSPS) is 9.54. The molecule has 0 unspecified atom stereocenters. The van der Waals surface area contributed by atoms with Crippen LogP contribution in [0, 0.1) is 0 Å². The maximum atomic E-state index is 10.9. The lowest BCUT2D eigenvalue weighted by Crippen LogP contribution is -2.32. The summed E-state index contributed by atoms with van der Waals surface area (Å²) in [5.41, 5.74) is 0. The number of carbonyl (C=O) groups excluding carboxylic acids is 2. The molecule has 5 heteroatoms. The minimum absolute atomic E-state index is 0.156. The molecular weight excluding hydrogens is 174 g/mol. The predicted octanol–water partition coefficient (Wildman–Crippen LogP) is 0.684. The van der Waals surface area contributed by atoms with E-state index in [1.165, 1.54) is 0 Å². The molecule has 1 N–H and O–H groups in total. The van der Waals surface area contributed by atoms with Crippen LogP contribution >= 0.6 is 0 Å². The molecule has 76 valence electrons. The summed E-state index contributed by atoms with van der Waals surface area (Å²) < 4.78 is 9.31. The number of ether oxygens (including phenoxy) is 2. The van der Waals surface area contributed by atoms with Crippen molar-refractivity contribution in [2.24, 2.45) is 0 Å². The maximum Gasteiger partial charge on any atom is 0.407 e. The van der Waals surface area contributed by atoms with Gasteiger partial charge < -0.3 is 14.8 Å². The summed E-state index contributed by atoms with van der Waals surface area (Å²) in [5, 5.41) is 2.25. The quantitative estimate of drug-likeness (QED) is 0.660. The molecule has 0 radical (unpaired) electrons. The van der Waals surface area contributed by atoms with Crippen LogP contribution in [0.4, 0.5) is 4.79 Å². The van der Waals surface area contributed by atoms with Gasteiger partial charge in [0.1, 0.15) is 6.54 Å². The Labute approximate surface area is 77.4 Å². The van der Waals surface area contributed by atoms with Crippen LogP contribution in [0.3, 0.4) is 0 Å². The molecule has 13 heavy (non-hydrogen) atoms. The van der Waals surface area contributed by atoms with Crippen molar-refractivity contribution in [1.29, 1.82) is 0 Å². The zero-order chi connectivity index (χ0) is 10.3. The second-order valence-electron chi connectivity index (χ2n) is 2.61. The Morgan fingerprint density at radius 2 is 2.00 bits per heavy atom. The van der Waals surface area contributed by atoms with Crippen molar-refractivity contribution in [2.75, 3.05) is 13.2 Å². The third-order valence-electron chi connectivity index (χ3n) is 1.02. The van der Waals surface area contributed by atoms with E-state index in [0.717, 1.165) is 0 Å². The Morgan fingerprint density at radius 1 is 1.38 bits per heavy atom. The van der Waals surface area contributed by atoms with Crippen LogP contribution < -0.4 is 5.32 Å². The van der Waals surface area contributed by atoms with Crippen LogP contribution in [0.1, 0.15) is 20.8 Å². The number of nitrogens with one attached hydrogen (secondary N) is 1. The van der Waals surface area contributed by atoms with E-state index in [4.69, 9.17) is 4.74 Å². The molecule has 0 bridgehead atoms. The Morgan fingerprint density at radius 3 is 2.46 bits per heavy atom. The average Bonchev–Trinajstić information content (AvgIpc) is 2.00. The number of rotatable bonds is 4. The first-order chi connectivity index (χ1) is 6.06. The highest BCUT2D eigenvalue weighted by molar-refractivity contribution is 5.77. The first kappa shape index (κ1) is 11.7. The van der Waals surface area contributed by atoms with Gasteiger partial charge in [-0.1, -0.05) is 0 Å². The van der Waals surface area contributed by atoms with Gasteiger partial charge in [0, 0.05) is 0 Å². The first-order valence-corrected chi connectivity index (χ1v) is 4.16. The average molecular weight is 189 g/mol. The zero-order valence-corrected chi connectivity index (χ0v) is 8.12. The van der Waals surface area contributed by atoms with Gasteiger partial charge in [-0.15, -0.1) is 0 Å². The van der Waals surface area contributed by atoms with E-state index in [-0.39, 0.29) is 19.3 Å². The number of esters is 1. The highest BCUT2D eigenvalue weighted by Gasteiger charge is 2.07. The number of hydrogen-bond acceptors (Lipinski definition) is 4. The summed E-state index contributed by atoms with van der Waals surface area (Å²) in [5.74, 6) is -0.469. The molecule has 5 nitrogen and oxygen atoms in total. The molecule has 0 spiro atoms. The minimum atomic E-state index is -0.608. The fraction of sp³-hybridized carbons (Fsp3) is 0.750. The Bertz CT molecular complexity index is 179. The van der Waals surface area contributed by atoms with E-state index in [1.54, 1.807) is 20.8 Å². The second kappa shape index (κ2) is 6.28. The Hall–Kier alpha value is -1.26. The number of hydrogen-bond donors (Lipinski definition) is 1. The minimum Gasteiger partial charge on any atom is -0.462 e. The van der Waals surface area contributed by atoms with Gasteiger partial charge in [0.15, 0.2) is 0 Å². The molecule has 0 heterocycles. The third kappa shape index (κ3) is 7.11. The monoisotopic (exact) mass is 189 g/mol. The second-order valence-corrected chi connectivity index (χ2v) is 2.61. The Kier molecular flexibility index (Phi) is 5.67. The van der Waals surface area contributed by atoms with E-state index in [9.17, 15) is 9.59 Å². The van der Waals surface area contributed by atoms with Crippen LogP contribution in [-0.2, 0) is 14.3 Å². The molecule has 0 aromatic carbocycles. The van der Waals surface area contributed by atoms with Crippen LogP contribution in [0.5, 0.6) is 0 Å². The van der Waals surface area contributed by atoms with Crippen LogP contribution in [0.25, 0.3) is 0 Å². The van der Waals surface area contributed by atoms with Gasteiger partial charge in [-0.2, -0.15) is 0 Å². The van der Waals surface area contributed by atoms with E-state index < -0.39 is 12.1 Å². The molecule has 0 fully saturated rings. The highest BCUT2D eigenvalue weighted by atomic mass is 16.6. The van der Waals surface area contributed by atoms with Crippen LogP contribution in [-0.4, -0.2) is 31.3 Å². The predicted molar refractivity (Wildman–Crippen MR) is 46.3 cm³/mol. The molecule has 1 amide bonds. The molecule has 0 atom stereocenters. The molecule has 0 aromatic heterocycles. The van der Waals surface area contributed by atoms with Crippen molar-refractivity contribution >= 4 is 12.1 Å². The standard InChI is InChI=1S/C8H15NO4/c1-4-12-8(11)9-5-7(10)13-6(2)3/h6H,4-5H2,1-3H3,(H,9,11). The van der Waals surface area contributed by atoms with E-state index in [1.807, 2.05) is 0 Å². The zero-order valence-electron chi connectivity index (χ0n) is 8.12. The fourth-order valence-corrected chi connectivity index (χ4v) is 0.631. The van der Waals surface area contributed by atoms with Gasteiger partial charge >= 0.3 is 12.1 Å². The largest absolute Gasteiger partial charge is 0.462 e. The lowest BCUT2D eigenvalue weighted by Gasteiger charge is -2.08. The molecule has 0 aliphatic rings. The van der Waals surface area contributed by atoms with Crippen LogP contribution in [0.15, 0.2) is 0 Å². The third-order valence-corrected chi connectivity index (χ3v) is 1.02. The molecule has 0 saturated carbocycles. The van der Waals surface area contributed by atoms with Gasteiger partial charge in [-0.05, 0) is 20.8 Å². The highest BCUT2D eigenvalue weighted by Crippen LogP contribution is 1.87. The summed E-state index contributed by atoms with van der Waals surface area (Å²) in [6, 6.07) is 0. The van der Waals surface area contributed by atoms with E-state index in [2.05, 4.69) is 10.1 Å². The molecule has 0 rings (SSSR count). The summed E-state index contributed by atoms with van der Waals surface area (Å²) in [7, 11) is 0. The molecule has 0 aliphatic heterocycles. The van der Waals surface area contributed by atoms with Crippen molar-refractivity contribution in [3.8, 4) is 0 Å². The van der Waals surface area contributed by atoms with Gasteiger partial charge in [-0.3, -0.25) is 4.79 Å². The van der Waals surface area contributed by atoms with Crippen molar-refractivity contribution in [3.63, 3.8) is 0 Å². The van der Waals surface area contributed by atoms with Crippen molar-refractivity contribution in [1.82, 2.24) is 5.32 Å². The maximum absolute atomic E-state index is 10.9. The SMILES string of the molecule is CCOC(=O)NCC(=O)OC(C)C. The van der Waals surface area contributed by atoms with Gasteiger partial charge in [0.05, 0.1) is 12.7 Å². The van der Waals surface area contributed by atoms with Gasteiger partial charge in [0.25, 0.3) is 0 Å². The number of amides is 1. The summed E-state index contributed by atoms with van der Waals surface area (Å²) in [6.07, 6.45) is -0.778. The lowest BCUT2D eigenvalue weighted by molar-refractivity contribution is -0.146. The van der Waals surface area contributed by atoms with Crippen molar-refractivity contribution in [2.45, 2.75) is 26.9 Å². The number of carbonyl (C=O) groups is 2. The summed E-state index contributed by atoms with van der Waals surface area (Å²) in [6.45, 7) is 5.29. The first-order valence-electron chi connectivity index (χ1n) is 4.16. The lowest BCUT2D eigenvalue weighted by atomic mass is 10.5. The van der Waals surface area contributed by atoms with Gasteiger partial charge in [0.2, 0.25) is 0 Å². The summed E-state index contributed by atoms with van der Waals surface area (Å²) >= 11 is 0. The molecule has 0 aromatic rings. The van der Waals surface area contributed by atoms with Gasteiger partial charge in [-0.25, -0.2) is 4.79 Å². The fourth-order valence-electron chi connectivity index (χ4n) is 0.631. The Balaban J connectivity index is 3.52. The van der Waals surface area contributed by atoms with Crippen molar-refractivity contribution < 1.29 is 19.1 Å². The number of alkyl carbamates (subject to hydrolysis) is 1. The molecule has 0 saturated heterocycles. The van der Waals surface area contributed by atoms with Crippen molar-refractivity contribution in [3.05, 3.63) is 0 Å². The molecular formula is C8H15NO4. The smallest absolute Gasteiger partial charge is 0.407 e.